The van der Waals surface area contributed by atoms with Gasteiger partial charge in [0.05, 0.1) is 13.2 Å². The molecule has 0 aliphatic rings. The lowest BCUT2D eigenvalue weighted by Crippen LogP contribution is -2.14. The zero-order valence-corrected chi connectivity index (χ0v) is 22.5. The molecule has 0 amide bonds. The van der Waals surface area contributed by atoms with E-state index in [1.807, 2.05) is 0 Å². The predicted octanol–water partition coefficient (Wildman–Crippen LogP) is 8.94. The van der Waals surface area contributed by atoms with Gasteiger partial charge in [0, 0.05) is 12.8 Å². The van der Waals surface area contributed by atoms with Gasteiger partial charge in [-0.1, -0.05) is 117 Å². The summed E-state index contributed by atoms with van der Waals surface area (Å²) >= 11 is 0. The second kappa shape index (κ2) is 25.6. The van der Waals surface area contributed by atoms with Crippen LogP contribution in [0, 0.1) is 5.92 Å². The SMILES string of the molecule is CCCCCCCCCCCCCCCOC(=O)CCCCC(=O)OCC(CC)CCCC. The molecule has 0 rings (SSSR count). The summed E-state index contributed by atoms with van der Waals surface area (Å²) in [6, 6.07) is 0. The highest BCUT2D eigenvalue weighted by atomic mass is 16.5. The van der Waals surface area contributed by atoms with Gasteiger partial charge < -0.3 is 9.47 Å². The molecule has 0 aliphatic carbocycles. The van der Waals surface area contributed by atoms with Gasteiger partial charge in [-0.2, -0.15) is 0 Å². The molecule has 4 heteroatoms. The summed E-state index contributed by atoms with van der Waals surface area (Å²) < 4.78 is 10.7. The van der Waals surface area contributed by atoms with Gasteiger partial charge >= 0.3 is 11.9 Å². The van der Waals surface area contributed by atoms with Crippen molar-refractivity contribution >= 4 is 11.9 Å². The van der Waals surface area contributed by atoms with Gasteiger partial charge in [-0.15, -0.1) is 0 Å². The van der Waals surface area contributed by atoms with Crippen molar-refractivity contribution in [1.82, 2.24) is 0 Å². The molecule has 0 aliphatic heterocycles. The average Bonchev–Trinajstić information content (AvgIpc) is 2.82. The molecule has 0 bridgehead atoms. The third-order valence-electron chi connectivity index (χ3n) is 6.55. The third-order valence-corrected chi connectivity index (χ3v) is 6.55. The summed E-state index contributed by atoms with van der Waals surface area (Å²) in [6.07, 6.45) is 23.9. The molecular weight excluding hydrogens is 412 g/mol. The topological polar surface area (TPSA) is 52.6 Å². The standard InChI is InChI=1S/C29H56O4/c1-4-7-9-10-11-12-13-14-15-16-17-18-21-25-32-28(30)23-19-20-24-29(31)33-26-27(6-3)22-8-5-2/h27H,4-26H2,1-3H3. The zero-order chi connectivity index (χ0) is 24.4. The van der Waals surface area contributed by atoms with Gasteiger partial charge in [0.1, 0.15) is 0 Å². The molecule has 0 saturated carbocycles. The quantitative estimate of drug-likeness (QED) is 0.0991. The van der Waals surface area contributed by atoms with Gasteiger partial charge in [0.15, 0.2) is 0 Å². The van der Waals surface area contributed by atoms with Crippen LogP contribution in [-0.4, -0.2) is 25.2 Å². The summed E-state index contributed by atoms with van der Waals surface area (Å²) in [6.45, 7) is 7.68. The van der Waals surface area contributed by atoms with E-state index in [2.05, 4.69) is 20.8 Å². The van der Waals surface area contributed by atoms with E-state index in [4.69, 9.17) is 9.47 Å². The van der Waals surface area contributed by atoms with Gasteiger partial charge in [0.25, 0.3) is 0 Å². The Hall–Kier alpha value is -1.06. The Morgan fingerprint density at radius 1 is 0.545 bits per heavy atom. The van der Waals surface area contributed by atoms with E-state index in [9.17, 15) is 9.59 Å². The molecule has 0 N–H and O–H groups in total. The van der Waals surface area contributed by atoms with Crippen molar-refractivity contribution in [2.45, 2.75) is 156 Å². The van der Waals surface area contributed by atoms with Crippen molar-refractivity contribution in [3.05, 3.63) is 0 Å². The molecule has 0 fully saturated rings. The average molecular weight is 469 g/mol. The number of hydrogen-bond acceptors (Lipinski definition) is 4. The molecule has 1 unspecified atom stereocenters. The Labute approximate surface area is 206 Å². The second-order valence-electron chi connectivity index (χ2n) is 9.77. The molecule has 1 atom stereocenters. The maximum Gasteiger partial charge on any atom is 0.305 e. The van der Waals surface area contributed by atoms with Crippen molar-refractivity contribution in [3.8, 4) is 0 Å². The van der Waals surface area contributed by atoms with Crippen molar-refractivity contribution in [1.29, 1.82) is 0 Å². The van der Waals surface area contributed by atoms with Gasteiger partial charge in [-0.05, 0) is 31.6 Å². The summed E-state index contributed by atoms with van der Waals surface area (Å²) in [5.41, 5.74) is 0. The molecule has 0 spiro atoms. The Kier molecular flexibility index (Phi) is 24.7. The number of carbonyl (C=O) groups is 2. The first-order valence-corrected chi connectivity index (χ1v) is 14.4. The summed E-state index contributed by atoms with van der Waals surface area (Å²) in [4.78, 5) is 23.7. The van der Waals surface area contributed by atoms with E-state index < -0.39 is 0 Å². The lowest BCUT2D eigenvalue weighted by molar-refractivity contribution is -0.146. The van der Waals surface area contributed by atoms with E-state index in [1.54, 1.807) is 0 Å². The third kappa shape index (κ3) is 23.9. The lowest BCUT2D eigenvalue weighted by atomic mass is 10.0. The second-order valence-corrected chi connectivity index (χ2v) is 9.77. The molecule has 0 aromatic heterocycles. The minimum Gasteiger partial charge on any atom is -0.466 e. The zero-order valence-electron chi connectivity index (χ0n) is 22.5. The maximum absolute atomic E-state index is 11.9. The fraction of sp³-hybridized carbons (Fsp3) is 0.931. The van der Waals surface area contributed by atoms with Crippen molar-refractivity contribution in [2.75, 3.05) is 13.2 Å². The first-order chi connectivity index (χ1) is 16.1. The summed E-state index contributed by atoms with van der Waals surface area (Å²) in [7, 11) is 0. The highest BCUT2D eigenvalue weighted by Gasteiger charge is 2.10. The van der Waals surface area contributed by atoms with Crippen LogP contribution in [0.2, 0.25) is 0 Å². The largest absolute Gasteiger partial charge is 0.466 e. The van der Waals surface area contributed by atoms with E-state index in [0.717, 1.165) is 25.7 Å². The normalized spacial score (nSPS) is 12.0. The molecule has 0 aromatic rings. The molecule has 4 nitrogen and oxygen atoms in total. The summed E-state index contributed by atoms with van der Waals surface area (Å²) in [5.74, 6) is 0.215. The van der Waals surface area contributed by atoms with E-state index >= 15 is 0 Å². The van der Waals surface area contributed by atoms with Crippen LogP contribution in [0.1, 0.15) is 156 Å². The van der Waals surface area contributed by atoms with Crippen LogP contribution in [0.25, 0.3) is 0 Å². The first kappa shape index (κ1) is 31.9. The van der Waals surface area contributed by atoms with Crippen LogP contribution in [0.4, 0.5) is 0 Å². The van der Waals surface area contributed by atoms with Crippen LogP contribution in [0.5, 0.6) is 0 Å². The lowest BCUT2D eigenvalue weighted by Gasteiger charge is -2.14. The number of ether oxygens (including phenoxy) is 2. The van der Waals surface area contributed by atoms with E-state index in [-0.39, 0.29) is 11.9 Å². The van der Waals surface area contributed by atoms with Gasteiger partial charge in [-0.3, -0.25) is 9.59 Å². The van der Waals surface area contributed by atoms with Crippen LogP contribution >= 0.6 is 0 Å². The summed E-state index contributed by atoms with van der Waals surface area (Å²) in [5, 5.41) is 0. The van der Waals surface area contributed by atoms with E-state index in [1.165, 1.54) is 83.5 Å². The van der Waals surface area contributed by atoms with Crippen LogP contribution < -0.4 is 0 Å². The molecular formula is C29H56O4. The Morgan fingerprint density at radius 2 is 1.00 bits per heavy atom. The minimum absolute atomic E-state index is 0.132. The Morgan fingerprint density at radius 3 is 1.48 bits per heavy atom. The molecule has 196 valence electrons. The molecule has 33 heavy (non-hydrogen) atoms. The smallest absolute Gasteiger partial charge is 0.305 e. The number of esters is 2. The highest BCUT2D eigenvalue weighted by molar-refractivity contribution is 5.70. The number of hydrogen-bond donors (Lipinski definition) is 0. The fourth-order valence-electron chi connectivity index (χ4n) is 4.10. The minimum atomic E-state index is -0.134. The van der Waals surface area contributed by atoms with Crippen LogP contribution in [-0.2, 0) is 19.1 Å². The maximum atomic E-state index is 11.9. The first-order valence-electron chi connectivity index (χ1n) is 14.4. The van der Waals surface area contributed by atoms with Crippen molar-refractivity contribution < 1.29 is 19.1 Å². The van der Waals surface area contributed by atoms with Gasteiger partial charge in [-0.25, -0.2) is 0 Å². The Bertz CT molecular complexity index is 435. The predicted molar refractivity (Wildman–Crippen MR) is 139 cm³/mol. The monoisotopic (exact) mass is 468 g/mol. The molecule has 0 saturated heterocycles. The molecule has 0 heterocycles. The number of rotatable bonds is 25. The Balaban J connectivity index is 3.38. The van der Waals surface area contributed by atoms with Crippen LogP contribution in [0.15, 0.2) is 0 Å². The number of carbonyl (C=O) groups excluding carboxylic acids is 2. The van der Waals surface area contributed by atoms with Crippen LogP contribution in [0.3, 0.4) is 0 Å². The van der Waals surface area contributed by atoms with Gasteiger partial charge in [0.2, 0.25) is 0 Å². The fourth-order valence-corrected chi connectivity index (χ4v) is 4.10. The van der Waals surface area contributed by atoms with Crippen molar-refractivity contribution in [3.63, 3.8) is 0 Å². The molecule has 0 radical (unpaired) electrons. The van der Waals surface area contributed by atoms with E-state index in [0.29, 0.717) is 44.8 Å². The van der Waals surface area contributed by atoms with Crippen molar-refractivity contribution in [2.24, 2.45) is 5.92 Å². The highest BCUT2D eigenvalue weighted by Crippen LogP contribution is 2.14. The molecule has 0 aromatic carbocycles. The number of unbranched alkanes of at least 4 members (excludes halogenated alkanes) is 14.